The van der Waals surface area contributed by atoms with Gasteiger partial charge in [0.25, 0.3) is 0 Å². The summed E-state index contributed by atoms with van der Waals surface area (Å²) in [6.45, 7) is 9.00. The number of ether oxygens (including phenoxy) is 2. The van der Waals surface area contributed by atoms with Crippen LogP contribution in [0.4, 0.5) is 0 Å². The molecule has 0 atom stereocenters. The Kier molecular flexibility index (Phi) is 12.4. The molecule has 1 aromatic rings. The van der Waals surface area contributed by atoms with Crippen molar-refractivity contribution in [2.75, 3.05) is 39.9 Å². The summed E-state index contributed by atoms with van der Waals surface area (Å²) >= 11 is 0. The van der Waals surface area contributed by atoms with Crippen molar-refractivity contribution in [1.82, 2.24) is 9.80 Å². The van der Waals surface area contributed by atoms with Gasteiger partial charge in [-0.1, -0.05) is 70.8 Å². The molecule has 1 aromatic carbocycles. The van der Waals surface area contributed by atoms with E-state index in [4.69, 9.17) is 9.47 Å². The molecule has 5 nitrogen and oxygen atoms in total. The molecule has 0 N–H and O–H groups in total. The second-order valence-corrected chi connectivity index (χ2v) is 8.80. The van der Waals surface area contributed by atoms with Crippen LogP contribution < -0.4 is 9.47 Å². The van der Waals surface area contributed by atoms with E-state index in [9.17, 15) is 4.79 Å². The quantitative estimate of drug-likeness (QED) is 0.335. The maximum absolute atomic E-state index is 11.5. The number of unbranched alkanes of at least 4 members (excludes halogenated alkanes) is 9. The van der Waals surface area contributed by atoms with Gasteiger partial charge in [-0.05, 0) is 24.1 Å². The van der Waals surface area contributed by atoms with E-state index in [1.807, 2.05) is 11.0 Å². The lowest BCUT2D eigenvalue weighted by Crippen LogP contribution is -2.47. The highest BCUT2D eigenvalue weighted by Gasteiger charge is 2.19. The third-order valence-corrected chi connectivity index (χ3v) is 6.21. The number of nitrogens with zero attached hydrogens (tertiary/aromatic N) is 2. The van der Waals surface area contributed by atoms with Crippen LogP contribution in [0.2, 0.25) is 0 Å². The lowest BCUT2D eigenvalue weighted by atomic mass is 10.1. The van der Waals surface area contributed by atoms with Crippen LogP contribution in [0.15, 0.2) is 18.2 Å². The van der Waals surface area contributed by atoms with Gasteiger partial charge in [0.05, 0.1) is 13.7 Å². The molecular weight excluding hydrogens is 388 g/mol. The van der Waals surface area contributed by atoms with Crippen molar-refractivity contribution in [2.24, 2.45) is 0 Å². The van der Waals surface area contributed by atoms with Gasteiger partial charge < -0.3 is 14.4 Å². The number of carbonyl (C=O) groups is 1. The molecule has 0 unspecified atom stereocenters. The summed E-state index contributed by atoms with van der Waals surface area (Å²) in [7, 11) is 1.71. The van der Waals surface area contributed by atoms with Crippen molar-refractivity contribution < 1.29 is 14.3 Å². The fourth-order valence-electron chi connectivity index (χ4n) is 4.18. The van der Waals surface area contributed by atoms with Crippen molar-refractivity contribution in [3.8, 4) is 11.5 Å². The second kappa shape index (κ2) is 15.1. The third-order valence-electron chi connectivity index (χ3n) is 6.21. The molecule has 1 fully saturated rings. The van der Waals surface area contributed by atoms with Crippen LogP contribution in [-0.2, 0) is 11.3 Å². The SMILES string of the molecule is CCCCCCCCCCCCOc1ccc(CN2CCN(C(C)=O)CC2)cc1OC. The maximum atomic E-state index is 11.5. The van der Waals surface area contributed by atoms with E-state index < -0.39 is 0 Å². The largest absolute Gasteiger partial charge is 0.493 e. The number of piperazine rings is 1. The van der Waals surface area contributed by atoms with Crippen molar-refractivity contribution in [2.45, 2.75) is 84.6 Å². The molecule has 0 aromatic heterocycles. The second-order valence-electron chi connectivity index (χ2n) is 8.80. The zero-order valence-electron chi connectivity index (χ0n) is 20.2. The Bertz CT molecular complexity index is 627. The number of amides is 1. The van der Waals surface area contributed by atoms with Gasteiger partial charge in [-0.2, -0.15) is 0 Å². The molecule has 0 aliphatic carbocycles. The third kappa shape index (κ3) is 9.94. The number of hydrogen-bond donors (Lipinski definition) is 0. The fourth-order valence-corrected chi connectivity index (χ4v) is 4.18. The van der Waals surface area contributed by atoms with Crippen molar-refractivity contribution in [3.05, 3.63) is 23.8 Å². The van der Waals surface area contributed by atoms with E-state index in [2.05, 4.69) is 24.0 Å². The number of carbonyl (C=O) groups excluding carboxylic acids is 1. The Hall–Kier alpha value is -1.75. The molecule has 2 rings (SSSR count). The van der Waals surface area contributed by atoms with Crippen molar-refractivity contribution in [1.29, 1.82) is 0 Å². The summed E-state index contributed by atoms with van der Waals surface area (Å²) in [5.74, 6) is 1.82. The summed E-state index contributed by atoms with van der Waals surface area (Å²) in [5, 5.41) is 0. The summed E-state index contributed by atoms with van der Waals surface area (Å²) < 4.78 is 11.6. The predicted octanol–water partition coefficient (Wildman–Crippen LogP) is 5.66. The average Bonchev–Trinajstić information content (AvgIpc) is 2.78. The normalized spacial score (nSPS) is 14.6. The first-order valence-electron chi connectivity index (χ1n) is 12.4. The van der Waals surface area contributed by atoms with Crippen molar-refractivity contribution >= 4 is 5.91 Å². The van der Waals surface area contributed by atoms with Gasteiger partial charge >= 0.3 is 0 Å². The Labute approximate surface area is 190 Å². The van der Waals surface area contributed by atoms with E-state index in [1.165, 1.54) is 63.4 Å². The molecule has 1 aliphatic rings. The number of benzene rings is 1. The van der Waals surface area contributed by atoms with Gasteiger partial charge in [0.1, 0.15) is 0 Å². The smallest absolute Gasteiger partial charge is 0.219 e. The van der Waals surface area contributed by atoms with Crippen molar-refractivity contribution in [3.63, 3.8) is 0 Å². The molecular formula is C26H44N2O3. The zero-order chi connectivity index (χ0) is 22.3. The van der Waals surface area contributed by atoms with E-state index >= 15 is 0 Å². The van der Waals surface area contributed by atoms with Crippen LogP contribution in [0, 0.1) is 0 Å². The molecule has 0 radical (unpaired) electrons. The first-order chi connectivity index (χ1) is 15.1. The van der Waals surface area contributed by atoms with E-state index in [0.29, 0.717) is 0 Å². The Morgan fingerprint density at radius 3 is 2.06 bits per heavy atom. The van der Waals surface area contributed by atoms with Crippen LogP contribution in [0.1, 0.15) is 83.6 Å². The number of hydrogen-bond acceptors (Lipinski definition) is 4. The van der Waals surface area contributed by atoms with Gasteiger partial charge in [-0.25, -0.2) is 0 Å². The average molecular weight is 433 g/mol. The summed E-state index contributed by atoms with van der Waals surface area (Å²) in [6.07, 6.45) is 13.3. The molecule has 5 heteroatoms. The first-order valence-corrected chi connectivity index (χ1v) is 12.4. The van der Waals surface area contributed by atoms with Gasteiger partial charge in [-0.15, -0.1) is 0 Å². The molecule has 176 valence electrons. The summed E-state index contributed by atoms with van der Waals surface area (Å²) in [4.78, 5) is 15.8. The maximum Gasteiger partial charge on any atom is 0.219 e. The molecule has 31 heavy (non-hydrogen) atoms. The zero-order valence-corrected chi connectivity index (χ0v) is 20.2. The van der Waals surface area contributed by atoms with E-state index in [1.54, 1.807) is 14.0 Å². The number of rotatable bonds is 15. The lowest BCUT2D eigenvalue weighted by Gasteiger charge is -2.34. The van der Waals surface area contributed by atoms with Crippen LogP contribution in [0.25, 0.3) is 0 Å². The highest BCUT2D eigenvalue weighted by Crippen LogP contribution is 2.29. The molecule has 0 bridgehead atoms. The number of methoxy groups -OCH3 is 1. The van der Waals surface area contributed by atoms with E-state index in [0.717, 1.165) is 57.3 Å². The van der Waals surface area contributed by atoms with E-state index in [-0.39, 0.29) is 5.91 Å². The molecule has 1 heterocycles. The minimum atomic E-state index is 0.172. The Morgan fingerprint density at radius 1 is 0.871 bits per heavy atom. The minimum Gasteiger partial charge on any atom is -0.493 e. The topological polar surface area (TPSA) is 42.0 Å². The Balaban J connectivity index is 1.62. The molecule has 0 spiro atoms. The molecule has 1 aliphatic heterocycles. The minimum absolute atomic E-state index is 0.172. The molecule has 0 saturated carbocycles. The highest BCUT2D eigenvalue weighted by atomic mass is 16.5. The first kappa shape index (κ1) is 25.5. The van der Waals surface area contributed by atoms with Gasteiger partial charge in [-0.3, -0.25) is 9.69 Å². The summed E-state index contributed by atoms with van der Waals surface area (Å²) in [6, 6.07) is 6.26. The Morgan fingerprint density at radius 2 is 1.48 bits per heavy atom. The standard InChI is InChI=1S/C26H44N2O3/c1-4-5-6-7-8-9-10-11-12-13-20-31-25-15-14-24(21-26(25)30-3)22-27-16-18-28(19-17-27)23(2)29/h14-15,21H,4-13,16-20,22H2,1-3H3. The highest BCUT2D eigenvalue weighted by molar-refractivity contribution is 5.73. The van der Waals surface area contributed by atoms with Crippen LogP contribution >= 0.6 is 0 Å². The van der Waals surface area contributed by atoms with Crippen LogP contribution in [-0.4, -0.2) is 55.6 Å². The lowest BCUT2D eigenvalue weighted by molar-refractivity contribution is -0.130. The molecule has 1 amide bonds. The molecule has 1 saturated heterocycles. The van der Waals surface area contributed by atoms with Gasteiger partial charge in [0.2, 0.25) is 5.91 Å². The van der Waals surface area contributed by atoms with Crippen LogP contribution in [0.3, 0.4) is 0 Å². The van der Waals surface area contributed by atoms with Gasteiger partial charge in [0, 0.05) is 39.6 Å². The van der Waals surface area contributed by atoms with Gasteiger partial charge in [0.15, 0.2) is 11.5 Å². The monoisotopic (exact) mass is 432 g/mol. The fraction of sp³-hybridized carbons (Fsp3) is 0.731. The predicted molar refractivity (Wildman–Crippen MR) is 128 cm³/mol. The van der Waals surface area contributed by atoms with Crippen LogP contribution in [0.5, 0.6) is 11.5 Å². The summed E-state index contributed by atoms with van der Waals surface area (Å²) in [5.41, 5.74) is 1.22.